The lowest BCUT2D eigenvalue weighted by atomic mass is 9.79. The minimum Gasteiger partial charge on any atom is -0.462 e. The van der Waals surface area contributed by atoms with Crippen LogP contribution in [-0.4, -0.2) is 182 Å². The molecular weight excluding hydrogens is 999 g/mol. The summed E-state index contributed by atoms with van der Waals surface area (Å²) in [5.41, 5.74) is 1.76. The smallest absolute Gasteiger partial charge is 0.308 e. The molecule has 2 aromatic heterocycles. The Labute approximate surface area is 453 Å². The van der Waals surface area contributed by atoms with E-state index in [1.54, 1.807) is 63.4 Å². The van der Waals surface area contributed by atoms with Crippen LogP contribution < -0.4 is 0 Å². The van der Waals surface area contributed by atoms with E-state index >= 15 is 0 Å². The van der Waals surface area contributed by atoms with Crippen LogP contribution in [0.2, 0.25) is 0 Å². The number of oxime groups is 1. The van der Waals surface area contributed by atoms with E-state index in [1.807, 2.05) is 63.8 Å². The van der Waals surface area contributed by atoms with Crippen molar-refractivity contribution in [1.82, 2.24) is 19.7 Å². The van der Waals surface area contributed by atoms with Crippen molar-refractivity contribution in [2.75, 3.05) is 54.7 Å². The van der Waals surface area contributed by atoms with Crippen LogP contribution in [0.1, 0.15) is 93.2 Å². The van der Waals surface area contributed by atoms with Gasteiger partial charge in [-0.1, -0.05) is 56.6 Å². The van der Waals surface area contributed by atoms with Crippen LogP contribution >= 0.6 is 0 Å². The Morgan fingerprint density at radius 1 is 0.935 bits per heavy atom. The predicted octanol–water partition coefficient (Wildman–Crippen LogP) is 5.38. The normalized spacial score (nSPS) is 35.8. The molecule has 428 valence electrons. The summed E-state index contributed by atoms with van der Waals surface area (Å²) in [4.78, 5) is 66.7. The number of likely N-dealkylation sites (N-methyl/N-ethyl adjacent to an activating group) is 1. The summed E-state index contributed by atoms with van der Waals surface area (Å²) < 4.78 is 64.9. The number of aliphatic hydroxyl groups excluding tert-OH is 1. The molecule has 17 atom stereocenters. The number of carbonyl (C=O) groups is 4. The molecule has 1 N–H and O–H groups in total. The predicted molar refractivity (Wildman–Crippen MR) is 280 cm³/mol. The number of carbonyl (C=O) groups excluding carboxylic acids is 4. The highest BCUT2D eigenvalue weighted by Gasteiger charge is 2.52. The highest BCUT2D eigenvalue weighted by molar-refractivity contribution is 5.91. The zero-order valence-electron chi connectivity index (χ0n) is 46.9. The van der Waals surface area contributed by atoms with Crippen LogP contribution in [-0.2, 0) is 78.0 Å². The molecule has 6 rings (SSSR count). The number of nitrogens with zero attached hydrogens (tertiary/aromatic N) is 5. The van der Waals surface area contributed by atoms with Gasteiger partial charge >= 0.3 is 17.9 Å². The first-order valence-electron chi connectivity index (χ1n) is 26.9. The fourth-order valence-corrected chi connectivity index (χ4v) is 11.0. The second-order valence-corrected chi connectivity index (χ2v) is 21.2. The molecule has 1 aliphatic carbocycles. The van der Waals surface area contributed by atoms with E-state index in [-0.39, 0.29) is 51.2 Å². The minimum absolute atomic E-state index is 0.0138. The standard InChI is InChI=1S/C56H83N5O16/c1-13-44-40(28-70-46-26-34(4)50(66)55(68-12)53(46)67-11)24-32(2)18-19-43(64)33(3)25-39-20-23-69-29-42(59-72-31-41-16-14-17-47(58-41)61-22-15-21-57-61)30-71-45(27-48(65)76-44)35(5)51(39)77-56-54(75-38(8)63)49(60(9)10)52(36(6)73-56)74-37(7)62/h14-19,21-22,24,33-36,39-40,44-46,49-56,66H,13,20,23,25-31H2,1-12H3/b19-18+,32-24+,59-42+/t33-,34?,35+,36-,39?,40-,44-,45-,46-,49+,50-,51-,52-,53+,54-,55-,56+/m1/s1. The number of aromatic nitrogens is 3. The molecular formula is C56H83N5O16. The SMILES string of the molecule is CC[C@H]1OC(=O)C[C@H]2OC/C(=N/OCc3cccc(-n4cccn4)n3)COCCC(C[C@@H](C)C(=O)/C=C/C(C)=C/[C@@H]1CO[C@@H]1CC(C)[C@@H](O)[C@@H](OC)[C@H]1OC)[C@H](O[C@@H]1O[C@H](C)[C@@H](OC(C)=O)[C@H](N(C)C)[C@H]1OC(C)=O)[C@H]2C. The van der Waals surface area contributed by atoms with Crippen LogP contribution in [0, 0.1) is 29.6 Å². The third-order valence-corrected chi connectivity index (χ3v) is 15.0. The lowest BCUT2D eigenvalue weighted by molar-refractivity contribution is -0.308. The number of pyridine rings is 1. The van der Waals surface area contributed by atoms with E-state index in [4.69, 9.17) is 52.2 Å². The molecule has 0 aromatic carbocycles. The molecule has 2 unspecified atom stereocenters. The van der Waals surface area contributed by atoms with E-state index in [9.17, 15) is 24.3 Å². The third kappa shape index (κ3) is 16.8. The molecule has 21 nitrogen and oxygen atoms in total. The maximum absolute atomic E-state index is 14.7. The van der Waals surface area contributed by atoms with Crippen molar-refractivity contribution in [2.24, 2.45) is 34.7 Å². The minimum atomic E-state index is -1.21. The van der Waals surface area contributed by atoms with Crippen molar-refractivity contribution in [3.63, 3.8) is 0 Å². The molecule has 21 heteroatoms. The van der Waals surface area contributed by atoms with E-state index in [1.165, 1.54) is 21.0 Å². The molecule has 77 heavy (non-hydrogen) atoms. The number of hydrogen-bond acceptors (Lipinski definition) is 20. The van der Waals surface area contributed by atoms with Crippen LogP contribution in [0.3, 0.4) is 0 Å². The van der Waals surface area contributed by atoms with E-state index in [2.05, 4.69) is 15.2 Å². The van der Waals surface area contributed by atoms with Gasteiger partial charge in [0.1, 0.15) is 30.1 Å². The Hall–Kier alpha value is -4.97. The quantitative estimate of drug-likeness (QED) is 0.134. The highest BCUT2D eigenvalue weighted by Crippen LogP contribution is 2.38. The van der Waals surface area contributed by atoms with Crippen molar-refractivity contribution >= 4 is 29.4 Å². The molecule has 0 radical (unpaired) electrons. The average molecular weight is 1080 g/mol. The van der Waals surface area contributed by atoms with E-state index in [0.717, 1.165) is 5.57 Å². The van der Waals surface area contributed by atoms with Crippen LogP contribution in [0.15, 0.2) is 65.6 Å². The summed E-state index contributed by atoms with van der Waals surface area (Å²) in [5.74, 6) is -3.42. The number of fused-ring (bicyclic) bond motifs is 3. The Kier molecular flexibility index (Phi) is 23.3. The highest BCUT2D eigenvalue weighted by atomic mass is 16.7. The van der Waals surface area contributed by atoms with Crippen molar-refractivity contribution < 1.29 is 76.5 Å². The van der Waals surface area contributed by atoms with Crippen molar-refractivity contribution in [1.29, 1.82) is 0 Å². The molecule has 1 saturated carbocycles. The number of methoxy groups -OCH3 is 2. The van der Waals surface area contributed by atoms with Gasteiger partial charge in [-0.2, -0.15) is 5.10 Å². The van der Waals surface area contributed by atoms with Gasteiger partial charge in [-0.15, -0.1) is 0 Å². The topological polar surface area (TPSA) is 236 Å². The van der Waals surface area contributed by atoms with E-state index in [0.29, 0.717) is 42.9 Å². The zero-order chi connectivity index (χ0) is 55.9. The fraction of sp³-hybridized carbons (Fsp3) is 0.696. The Bertz CT molecular complexity index is 2310. The number of allylic oxidation sites excluding steroid dienone is 3. The Morgan fingerprint density at radius 3 is 2.35 bits per heavy atom. The van der Waals surface area contributed by atoms with Gasteiger partial charge in [0.2, 0.25) is 0 Å². The molecule has 2 saturated heterocycles. The number of hydrogen-bond donors (Lipinski definition) is 1. The largest absolute Gasteiger partial charge is 0.462 e. The number of esters is 3. The first kappa shape index (κ1) is 61.2. The van der Waals surface area contributed by atoms with Gasteiger partial charge in [-0.05, 0) is 89.7 Å². The molecule has 3 fully saturated rings. The molecule has 4 aliphatic rings. The van der Waals surface area contributed by atoms with Crippen molar-refractivity contribution in [3.05, 3.63) is 66.2 Å². The maximum atomic E-state index is 14.7. The summed E-state index contributed by atoms with van der Waals surface area (Å²) in [6.07, 6.45) is 1.45. The number of rotatable bonds is 15. The van der Waals surface area contributed by atoms with Gasteiger partial charge in [0.15, 0.2) is 30.6 Å². The molecule has 3 aliphatic heterocycles. The van der Waals surface area contributed by atoms with Gasteiger partial charge in [-0.3, -0.25) is 24.1 Å². The second kappa shape index (κ2) is 29.3. The fourth-order valence-electron chi connectivity index (χ4n) is 11.0. The van der Waals surface area contributed by atoms with Gasteiger partial charge in [0, 0.05) is 64.8 Å². The lowest BCUT2D eigenvalue weighted by Gasteiger charge is -2.48. The zero-order valence-corrected chi connectivity index (χ0v) is 46.9. The molecule has 0 spiro atoms. The van der Waals surface area contributed by atoms with Crippen LogP contribution in [0.5, 0.6) is 0 Å². The summed E-state index contributed by atoms with van der Waals surface area (Å²) in [6.45, 7) is 14.1. The van der Waals surface area contributed by atoms with Crippen LogP contribution in [0.4, 0.5) is 0 Å². The molecule has 0 amide bonds. The monoisotopic (exact) mass is 1080 g/mol. The lowest BCUT2D eigenvalue weighted by Crippen LogP contribution is -2.65. The van der Waals surface area contributed by atoms with Gasteiger partial charge in [0.05, 0.1) is 68.5 Å². The van der Waals surface area contributed by atoms with Gasteiger partial charge < -0.3 is 57.3 Å². The second-order valence-electron chi connectivity index (χ2n) is 21.2. The number of aliphatic hydroxyl groups is 1. The van der Waals surface area contributed by atoms with Crippen molar-refractivity contribution in [2.45, 2.75) is 167 Å². The third-order valence-electron chi connectivity index (χ3n) is 15.0. The summed E-state index contributed by atoms with van der Waals surface area (Å²) in [5, 5.41) is 19.7. The summed E-state index contributed by atoms with van der Waals surface area (Å²) in [6, 6.07) is 6.60. The Balaban J connectivity index is 1.37. The number of cyclic esters (lactones) is 1. The summed E-state index contributed by atoms with van der Waals surface area (Å²) in [7, 11) is 6.68. The van der Waals surface area contributed by atoms with Crippen LogP contribution in [0.25, 0.3) is 5.82 Å². The summed E-state index contributed by atoms with van der Waals surface area (Å²) >= 11 is 0. The van der Waals surface area contributed by atoms with Gasteiger partial charge in [0.25, 0.3) is 0 Å². The Morgan fingerprint density at radius 2 is 1.68 bits per heavy atom. The molecule has 5 heterocycles. The van der Waals surface area contributed by atoms with Crippen molar-refractivity contribution in [3.8, 4) is 5.82 Å². The molecule has 2 aromatic rings. The average Bonchev–Trinajstić information content (AvgIpc) is 3.94. The number of ether oxygens (including phenoxy) is 10. The first-order valence-corrected chi connectivity index (χ1v) is 26.9. The first-order chi connectivity index (χ1) is 36.8. The van der Waals surface area contributed by atoms with E-state index < -0.39 is 115 Å². The maximum Gasteiger partial charge on any atom is 0.308 e. The molecule has 2 bridgehead atoms. The number of ketones is 1. The van der Waals surface area contributed by atoms with Gasteiger partial charge in [-0.25, -0.2) is 9.67 Å².